The van der Waals surface area contributed by atoms with Crippen molar-refractivity contribution in [3.05, 3.63) is 140 Å². The molecule has 0 aliphatic carbocycles. The van der Waals surface area contributed by atoms with Gasteiger partial charge in [-0.15, -0.1) is 0 Å². The van der Waals surface area contributed by atoms with Crippen molar-refractivity contribution in [3.63, 3.8) is 0 Å². The van der Waals surface area contributed by atoms with Gasteiger partial charge in [0.05, 0.1) is 11.4 Å². The first-order valence-corrected chi connectivity index (χ1v) is 11.3. The van der Waals surface area contributed by atoms with Crippen molar-refractivity contribution < 1.29 is 0 Å². The first-order chi connectivity index (χ1) is 16.4. The summed E-state index contributed by atoms with van der Waals surface area (Å²) in [5, 5.41) is 0. The van der Waals surface area contributed by atoms with Crippen LogP contribution in [0.3, 0.4) is 0 Å². The fourth-order valence-corrected chi connectivity index (χ4v) is 4.77. The van der Waals surface area contributed by atoms with E-state index in [4.69, 9.17) is 0 Å². The molecule has 2 nitrogen and oxygen atoms in total. The summed E-state index contributed by atoms with van der Waals surface area (Å²) in [6.07, 6.45) is 0. The highest BCUT2D eigenvalue weighted by molar-refractivity contribution is 6.84. The van der Waals surface area contributed by atoms with Gasteiger partial charge in [-0.2, -0.15) is 0 Å². The highest BCUT2D eigenvalue weighted by Gasteiger charge is 2.43. The molecule has 3 heteroatoms. The quantitative estimate of drug-likeness (QED) is 0.287. The number of hydrogen-bond donors (Lipinski definition) is 0. The number of anilines is 4. The minimum absolute atomic E-state index is 0.0111. The van der Waals surface area contributed by atoms with Gasteiger partial charge in [-0.05, 0) is 53.0 Å². The van der Waals surface area contributed by atoms with E-state index in [1.807, 2.05) is 0 Å². The summed E-state index contributed by atoms with van der Waals surface area (Å²) in [5.74, 6) is 0. The topological polar surface area (TPSA) is 6.48 Å². The number of rotatable bonds is 4. The van der Waals surface area contributed by atoms with Crippen molar-refractivity contribution in [1.82, 2.24) is 0 Å². The van der Waals surface area contributed by atoms with Crippen molar-refractivity contribution in [1.29, 1.82) is 0 Å². The summed E-state index contributed by atoms with van der Waals surface area (Å²) in [4.78, 5) is 4.91. The van der Waals surface area contributed by atoms with E-state index in [0.717, 1.165) is 0 Å². The van der Waals surface area contributed by atoms with E-state index in [1.165, 1.54) is 39.3 Å². The van der Waals surface area contributed by atoms with Gasteiger partial charge in [-0.25, -0.2) is 0 Å². The Kier molecular flexibility index (Phi) is 4.93. The first-order valence-electron chi connectivity index (χ1n) is 11.3. The summed E-state index contributed by atoms with van der Waals surface area (Å²) in [6, 6.07) is 49.6. The van der Waals surface area contributed by atoms with Crippen LogP contribution in [0.5, 0.6) is 0 Å². The SMILES string of the molecule is c1ccc(B2N(c3ccccc3)c3ccc(-c4ccccc4)cc3N2c2ccccc2)cc1. The smallest absolute Gasteiger partial charge is 0.360 e. The number of benzene rings is 5. The number of para-hydroxylation sites is 2. The molecule has 156 valence electrons. The zero-order chi connectivity index (χ0) is 22.0. The van der Waals surface area contributed by atoms with Crippen molar-refractivity contribution in [3.8, 4) is 11.1 Å². The van der Waals surface area contributed by atoms with E-state index in [-0.39, 0.29) is 6.98 Å². The van der Waals surface area contributed by atoms with Crippen LogP contribution in [0.15, 0.2) is 140 Å². The van der Waals surface area contributed by atoms with Gasteiger partial charge in [0.15, 0.2) is 0 Å². The zero-order valence-corrected chi connectivity index (χ0v) is 18.3. The second kappa shape index (κ2) is 8.36. The van der Waals surface area contributed by atoms with E-state index >= 15 is 0 Å². The van der Waals surface area contributed by atoms with Crippen molar-refractivity contribution in [2.45, 2.75) is 0 Å². The number of hydrogen-bond acceptors (Lipinski definition) is 2. The van der Waals surface area contributed by atoms with Crippen LogP contribution in [0.2, 0.25) is 0 Å². The van der Waals surface area contributed by atoms with E-state index < -0.39 is 0 Å². The Bertz CT molecular complexity index is 1360. The third-order valence-electron chi connectivity index (χ3n) is 6.26. The molecule has 33 heavy (non-hydrogen) atoms. The van der Waals surface area contributed by atoms with Gasteiger partial charge in [0.1, 0.15) is 0 Å². The lowest BCUT2D eigenvalue weighted by atomic mass is 9.64. The molecule has 0 atom stereocenters. The summed E-state index contributed by atoms with van der Waals surface area (Å²) in [6.45, 7) is 0.0111. The van der Waals surface area contributed by atoms with Gasteiger partial charge < -0.3 is 9.62 Å². The third-order valence-corrected chi connectivity index (χ3v) is 6.26. The minimum Gasteiger partial charge on any atom is -0.360 e. The van der Waals surface area contributed by atoms with Crippen LogP contribution in [0.25, 0.3) is 11.1 Å². The molecule has 5 aromatic carbocycles. The number of fused-ring (bicyclic) bond motifs is 1. The normalized spacial score (nSPS) is 12.7. The molecule has 1 aliphatic heterocycles. The lowest BCUT2D eigenvalue weighted by Crippen LogP contribution is -2.53. The van der Waals surface area contributed by atoms with Crippen LogP contribution in [0, 0.1) is 0 Å². The molecule has 0 bridgehead atoms. The molecule has 0 radical (unpaired) electrons. The maximum Gasteiger partial charge on any atom is 0.420 e. The Morgan fingerprint density at radius 3 is 1.45 bits per heavy atom. The molecule has 0 unspecified atom stereocenters. The molecule has 0 N–H and O–H groups in total. The summed E-state index contributed by atoms with van der Waals surface area (Å²) in [5.41, 5.74) is 8.47. The van der Waals surface area contributed by atoms with E-state index in [1.54, 1.807) is 0 Å². The first kappa shape index (κ1) is 19.5. The van der Waals surface area contributed by atoms with Gasteiger partial charge in [0.25, 0.3) is 0 Å². The van der Waals surface area contributed by atoms with Gasteiger partial charge in [-0.3, -0.25) is 0 Å². The van der Waals surface area contributed by atoms with Crippen LogP contribution < -0.4 is 15.1 Å². The molecule has 6 rings (SSSR count). The summed E-state index contributed by atoms with van der Waals surface area (Å²) < 4.78 is 0. The largest absolute Gasteiger partial charge is 0.420 e. The van der Waals surface area contributed by atoms with E-state index in [2.05, 4.69) is 149 Å². The number of nitrogens with zero attached hydrogens (tertiary/aromatic N) is 2. The molecule has 1 aliphatic rings. The Morgan fingerprint density at radius 2 is 0.879 bits per heavy atom. The second-order valence-electron chi connectivity index (χ2n) is 8.26. The predicted octanol–water partition coefficient (Wildman–Crippen LogP) is 7.04. The molecule has 0 aromatic heterocycles. The maximum absolute atomic E-state index is 2.46. The fraction of sp³-hybridized carbons (Fsp3) is 0. The van der Waals surface area contributed by atoms with Gasteiger partial charge in [0.2, 0.25) is 0 Å². The molecule has 0 spiro atoms. The van der Waals surface area contributed by atoms with Crippen LogP contribution in [0.4, 0.5) is 22.7 Å². The fourth-order valence-electron chi connectivity index (χ4n) is 4.77. The standard InChI is InChI=1S/C30H23BN2/c1-5-13-24(14-6-1)25-21-22-29-30(23-25)33(28-19-11-4-12-20-28)31(26-15-7-2-8-16-26)32(29)27-17-9-3-10-18-27/h1-23H. The average molecular weight is 422 g/mol. The summed E-state index contributed by atoms with van der Waals surface area (Å²) in [7, 11) is 0. The molecule has 0 amide bonds. The van der Waals surface area contributed by atoms with Crippen LogP contribution in [-0.2, 0) is 0 Å². The molecule has 0 saturated carbocycles. The highest BCUT2D eigenvalue weighted by Crippen LogP contribution is 2.47. The molecule has 1 heterocycles. The van der Waals surface area contributed by atoms with Crippen molar-refractivity contribution in [2.24, 2.45) is 0 Å². The van der Waals surface area contributed by atoms with Crippen LogP contribution >= 0.6 is 0 Å². The van der Waals surface area contributed by atoms with Crippen molar-refractivity contribution in [2.75, 3.05) is 9.62 Å². The molecular formula is C30H23BN2. The predicted molar refractivity (Wildman–Crippen MR) is 141 cm³/mol. The van der Waals surface area contributed by atoms with E-state index in [9.17, 15) is 0 Å². The molecular weight excluding hydrogens is 399 g/mol. The Morgan fingerprint density at radius 1 is 0.394 bits per heavy atom. The second-order valence-corrected chi connectivity index (χ2v) is 8.26. The monoisotopic (exact) mass is 422 g/mol. The molecule has 0 saturated heterocycles. The lowest BCUT2D eigenvalue weighted by Gasteiger charge is -2.30. The summed E-state index contributed by atoms with van der Waals surface area (Å²) >= 11 is 0. The van der Waals surface area contributed by atoms with Gasteiger partial charge in [-0.1, -0.05) is 103 Å². The highest BCUT2D eigenvalue weighted by atomic mass is 15.3. The Labute approximate surface area is 195 Å². The Hall–Kier alpha value is -4.24. The minimum atomic E-state index is 0.0111. The maximum atomic E-state index is 2.46. The third kappa shape index (κ3) is 3.48. The van der Waals surface area contributed by atoms with Crippen LogP contribution in [-0.4, -0.2) is 6.98 Å². The molecule has 5 aromatic rings. The van der Waals surface area contributed by atoms with Crippen molar-refractivity contribution >= 4 is 35.2 Å². The van der Waals surface area contributed by atoms with Crippen LogP contribution in [0.1, 0.15) is 0 Å². The lowest BCUT2D eigenvalue weighted by molar-refractivity contribution is 1.39. The average Bonchev–Trinajstić information content (AvgIpc) is 3.25. The zero-order valence-electron chi connectivity index (χ0n) is 18.3. The van der Waals surface area contributed by atoms with Gasteiger partial charge >= 0.3 is 6.98 Å². The van der Waals surface area contributed by atoms with Gasteiger partial charge in [0, 0.05) is 11.4 Å². The molecule has 0 fully saturated rings. The Balaban J connectivity index is 1.61. The van der Waals surface area contributed by atoms with E-state index in [0.29, 0.717) is 0 Å².